The van der Waals surface area contributed by atoms with E-state index in [1.54, 1.807) is 5.30 Å². The molecule has 0 saturated carbocycles. The van der Waals surface area contributed by atoms with Crippen molar-refractivity contribution in [3.8, 4) is 0 Å². The molecular weight excluding hydrogens is 242 g/mol. The number of rotatable bonds is 2. The molecule has 0 aliphatic carbocycles. The van der Waals surface area contributed by atoms with Crippen molar-refractivity contribution in [2.75, 3.05) is 6.66 Å². The molecule has 0 fully saturated rings. The highest BCUT2D eigenvalue weighted by Crippen LogP contribution is 2.29. The molecule has 0 nitrogen and oxygen atoms in total. The summed E-state index contributed by atoms with van der Waals surface area (Å²) in [4.78, 5) is 0. The van der Waals surface area contributed by atoms with Gasteiger partial charge in [0.05, 0.1) is 0 Å². The van der Waals surface area contributed by atoms with Crippen LogP contribution in [0.15, 0.2) is 24.3 Å². The molecule has 0 bridgehead atoms. The van der Waals surface area contributed by atoms with Crippen molar-refractivity contribution in [2.24, 2.45) is 5.92 Å². The van der Waals surface area contributed by atoms with E-state index in [1.807, 2.05) is 0 Å². The Morgan fingerprint density at radius 1 is 0.941 bits per heavy atom. The number of benzene rings is 1. The molecule has 2 heteroatoms. The highest BCUT2D eigenvalue weighted by Gasteiger charge is 2.12. The second kappa shape index (κ2) is 8.23. The Kier molecular flexibility index (Phi) is 8.27. The SMILES string of the molecule is CC(C)C.CPc1ccccc1PC(C)(C)C. The van der Waals surface area contributed by atoms with Gasteiger partial charge in [0, 0.05) is 0 Å². The minimum absolute atomic E-state index is 0.426. The van der Waals surface area contributed by atoms with E-state index in [4.69, 9.17) is 0 Å². The van der Waals surface area contributed by atoms with Crippen LogP contribution in [0.3, 0.4) is 0 Å². The van der Waals surface area contributed by atoms with Gasteiger partial charge < -0.3 is 0 Å². The third kappa shape index (κ3) is 9.75. The second-order valence-corrected chi connectivity index (χ2v) is 9.23. The minimum Gasteiger partial charge on any atom is -0.0929 e. The monoisotopic (exact) mass is 270 g/mol. The van der Waals surface area contributed by atoms with Crippen molar-refractivity contribution >= 4 is 27.8 Å². The number of hydrogen-bond donors (Lipinski definition) is 0. The molecule has 0 N–H and O–H groups in total. The Labute approximate surface area is 112 Å². The predicted molar refractivity (Wildman–Crippen MR) is 88.5 cm³/mol. The molecule has 0 aromatic heterocycles. The molecule has 17 heavy (non-hydrogen) atoms. The molecule has 0 amide bonds. The molecule has 0 aliphatic rings. The molecule has 0 heterocycles. The summed E-state index contributed by atoms with van der Waals surface area (Å²) in [5, 5.41) is 3.52. The zero-order chi connectivity index (χ0) is 13.5. The fourth-order valence-corrected chi connectivity index (χ4v) is 3.60. The van der Waals surface area contributed by atoms with Crippen LogP contribution in [-0.2, 0) is 0 Å². The van der Waals surface area contributed by atoms with Crippen LogP contribution in [-0.4, -0.2) is 11.8 Å². The van der Waals surface area contributed by atoms with Gasteiger partial charge >= 0.3 is 0 Å². The van der Waals surface area contributed by atoms with Gasteiger partial charge in [0.1, 0.15) is 0 Å². The molecule has 2 atom stereocenters. The van der Waals surface area contributed by atoms with Crippen LogP contribution >= 0.6 is 17.2 Å². The Balaban J connectivity index is 0.000000557. The van der Waals surface area contributed by atoms with E-state index >= 15 is 0 Å². The van der Waals surface area contributed by atoms with Gasteiger partial charge in [-0.15, -0.1) is 0 Å². The molecular formula is C15H28P2. The summed E-state index contributed by atoms with van der Waals surface area (Å²) in [7, 11) is 1.85. The summed E-state index contributed by atoms with van der Waals surface area (Å²) in [5.74, 6) is 0.833. The topological polar surface area (TPSA) is 0 Å². The van der Waals surface area contributed by atoms with Gasteiger partial charge in [0.15, 0.2) is 0 Å². The zero-order valence-electron chi connectivity index (χ0n) is 12.4. The summed E-state index contributed by atoms with van der Waals surface area (Å²) >= 11 is 0. The van der Waals surface area contributed by atoms with Gasteiger partial charge in [-0.1, -0.05) is 83.0 Å². The van der Waals surface area contributed by atoms with Crippen molar-refractivity contribution in [3.63, 3.8) is 0 Å². The van der Waals surface area contributed by atoms with Crippen LogP contribution in [0.5, 0.6) is 0 Å². The largest absolute Gasteiger partial charge is 0.0929 e. The first-order chi connectivity index (χ1) is 7.76. The molecule has 0 radical (unpaired) electrons. The van der Waals surface area contributed by atoms with E-state index in [9.17, 15) is 0 Å². The van der Waals surface area contributed by atoms with Crippen LogP contribution in [0.25, 0.3) is 0 Å². The Morgan fingerprint density at radius 3 is 1.71 bits per heavy atom. The van der Waals surface area contributed by atoms with E-state index in [0.717, 1.165) is 23.1 Å². The highest BCUT2D eigenvalue weighted by atomic mass is 31.1. The first-order valence-electron chi connectivity index (χ1n) is 6.31. The van der Waals surface area contributed by atoms with E-state index in [1.165, 1.54) is 5.30 Å². The minimum atomic E-state index is 0.426. The van der Waals surface area contributed by atoms with Gasteiger partial charge in [-0.3, -0.25) is 0 Å². The molecule has 0 saturated heterocycles. The van der Waals surface area contributed by atoms with Crippen LogP contribution < -0.4 is 10.6 Å². The van der Waals surface area contributed by atoms with E-state index in [0.29, 0.717) is 5.16 Å². The normalized spacial score (nSPS) is 12.5. The van der Waals surface area contributed by atoms with Gasteiger partial charge in [-0.2, -0.15) is 0 Å². The van der Waals surface area contributed by atoms with Crippen LogP contribution in [0.4, 0.5) is 0 Å². The summed E-state index contributed by atoms with van der Waals surface area (Å²) in [6.07, 6.45) is 0. The Hall–Kier alpha value is 0.0800. The summed E-state index contributed by atoms with van der Waals surface area (Å²) in [6.45, 7) is 15.7. The first-order valence-corrected chi connectivity index (χ1v) is 8.81. The van der Waals surface area contributed by atoms with E-state index in [-0.39, 0.29) is 0 Å². The predicted octanol–water partition coefficient (Wildman–Crippen LogP) is 4.38. The zero-order valence-corrected chi connectivity index (χ0v) is 14.4. The molecule has 0 aliphatic heterocycles. The molecule has 1 rings (SSSR count). The third-order valence-electron chi connectivity index (χ3n) is 1.71. The standard InChI is InChI=1S/C11H18P2.C4H10/c1-11(2,3)13-10-8-6-5-7-9(10)12-4;1-4(2)3/h5-8,12-13H,1-4H3;4H,1-3H3. The maximum absolute atomic E-state index is 2.31. The fourth-order valence-electron chi connectivity index (χ4n) is 1.21. The summed E-state index contributed by atoms with van der Waals surface area (Å²) in [6, 6.07) is 8.82. The lowest BCUT2D eigenvalue weighted by Crippen LogP contribution is -2.20. The Morgan fingerprint density at radius 2 is 1.35 bits per heavy atom. The van der Waals surface area contributed by atoms with Crippen molar-refractivity contribution in [2.45, 2.75) is 46.7 Å². The average molecular weight is 270 g/mol. The molecule has 98 valence electrons. The molecule has 1 aromatic carbocycles. The summed E-state index contributed by atoms with van der Waals surface area (Å²) < 4.78 is 0. The molecule has 1 aromatic rings. The van der Waals surface area contributed by atoms with Crippen molar-refractivity contribution in [1.29, 1.82) is 0 Å². The van der Waals surface area contributed by atoms with Crippen molar-refractivity contribution < 1.29 is 0 Å². The number of hydrogen-bond acceptors (Lipinski definition) is 0. The van der Waals surface area contributed by atoms with E-state index in [2.05, 4.69) is 72.5 Å². The van der Waals surface area contributed by atoms with Gasteiger partial charge in [0.25, 0.3) is 0 Å². The molecule has 0 spiro atoms. The van der Waals surface area contributed by atoms with Crippen molar-refractivity contribution in [1.82, 2.24) is 0 Å². The maximum atomic E-state index is 2.31. The third-order valence-corrected chi connectivity index (χ3v) is 4.39. The lowest BCUT2D eigenvalue weighted by atomic mass is 10.3. The van der Waals surface area contributed by atoms with Gasteiger partial charge in [-0.05, 0) is 28.3 Å². The van der Waals surface area contributed by atoms with Crippen LogP contribution in [0.2, 0.25) is 0 Å². The first kappa shape index (κ1) is 17.1. The van der Waals surface area contributed by atoms with Crippen LogP contribution in [0.1, 0.15) is 41.5 Å². The summed E-state index contributed by atoms with van der Waals surface area (Å²) in [5.41, 5.74) is 0. The highest BCUT2D eigenvalue weighted by molar-refractivity contribution is 7.54. The van der Waals surface area contributed by atoms with Gasteiger partial charge in [-0.25, -0.2) is 0 Å². The van der Waals surface area contributed by atoms with Crippen LogP contribution in [0, 0.1) is 5.92 Å². The maximum Gasteiger partial charge on any atom is -0.0166 e. The lowest BCUT2D eigenvalue weighted by Gasteiger charge is -2.20. The second-order valence-electron chi connectivity index (χ2n) is 5.90. The lowest BCUT2D eigenvalue weighted by molar-refractivity contribution is 0.737. The Bertz CT molecular complexity index is 308. The van der Waals surface area contributed by atoms with E-state index < -0.39 is 0 Å². The average Bonchev–Trinajstić information content (AvgIpc) is 2.15. The molecule has 2 unspecified atom stereocenters. The quantitative estimate of drug-likeness (QED) is 0.699. The van der Waals surface area contributed by atoms with Gasteiger partial charge in [0.2, 0.25) is 0 Å². The smallest absolute Gasteiger partial charge is 0.0166 e. The fraction of sp³-hybridized carbons (Fsp3) is 0.600. The van der Waals surface area contributed by atoms with Crippen molar-refractivity contribution in [3.05, 3.63) is 24.3 Å².